The van der Waals surface area contributed by atoms with E-state index in [0.29, 0.717) is 0 Å². The molecule has 0 aliphatic heterocycles. The molecule has 94 valence electrons. The van der Waals surface area contributed by atoms with E-state index in [-0.39, 0.29) is 12.4 Å². The Kier molecular flexibility index (Phi) is 4.44. The van der Waals surface area contributed by atoms with Crippen molar-refractivity contribution in [3.8, 4) is 5.75 Å². The maximum atomic E-state index is 11.9. The molecular formula is C14H14O2S2. The van der Waals surface area contributed by atoms with E-state index >= 15 is 0 Å². The minimum absolute atomic E-state index is 0.0315. The fourth-order valence-electron chi connectivity index (χ4n) is 1.54. The first kappa shape index (κ1) is 13.2. The smallest absolute Gasteiger partial charge is 0.210 e. The van der Waals surface area contributed by atoms with Crippen LogP contribution >= 0.6 is 23.1 Å². The molecule has 0 fully saturated rings. The molecule has 0 radical (unpaired) electrons. The number of ether oxygens (including phenoxy) is 1. The average molecular weight is 278 g/mol. The summed E-state index contributed by atoms with van der Waals surface area (Å²) in [6, 6.07) is 11.6. The van der Waals surface area contributed by atoms with E-state index in [1.807, 2.05) is 49.6 Å². The molecular weight excluding hydrogens is 264 g/mol. The summed E-state index contributed by atoms with van der Waals surface area (Å²) in [5.74, 6) is 0.802. The fraction of sp³-hybridized carbons (Fsp3) is 0.214. The molecule has 0 bridgehead atoms. The van der Waals surface area contributed by atoms with Crippen LogP contribution in [0.25, 0.3) is 0 Å². The van der Waals surface area contributed by atoms with Crippen LogP contribution in [0.1, 0.15) is 14.5 Å². The first-order valence-corrected chi connectivity index (χ1v) is 7.60. The highest BCUT2D eigenvalue weighted by Crippen LogP contribution is 2.27. The van der Waals surface area contributed by atoms with Gasteiger partial charge in [0.25, 0.3) is 0 Å². The Bertz CT molecular complexity index is 546. The van der Waals surface area contributed by atoms with E-state index in [2.05, 4.69) is 0 Å². The maximum Gasteiger partial charge on any atom is 0.210 e. The van der Waals surface area contributed by atoms with Gasteiger partial charge in [-0.15, -0.1) is 23.1 Å². The molecule has 4 heteroatoms. The Morgan fingerprint density at radius 2 is 2.06 bits per heavy atom. The van der Waals surface area contributed by atoms with Gasteiger partial charge in [-0.25, -0.2) is 0 Å². The van der Waals surface area contributed by atoms with Crippen LogP contribution < -0.4 is 4.74 Å². The number of thioether (sulfide) groups is 1. The predicted molar refractivity (Wildman–Crippen MR) is 77.1 cm³/mol. The molecule has 2 nitrogen and oxygen atoms in total. The summed E-state index contributed by atoms with van der Waals surface area (Å²) in [5, 5.41) is 0. The summed E-state index contributed by atoms with van der Waals surface area (Å²) in [6.45, 7) is 2.09. The quantitative estimate of drug-likeness (QED) is 0.610. The van der Waals surface area contributed by atoms with Gasteiger partial charge >= 0.3 is 0 Å². The van der Waals surface area contributed by atoms with Crippen LogP contribution in [0.2, 0.25) is 0 Å². The lowest BCUT2D eigenvalue weighted by atomic mass is 10.3. The summed E-state index contributed by atoms with van der Waals surface area (Å²) in [4.78, 5) is 14.9. The minimum atomic E-state index is 0.0315. The summed E-state index contributed by atoms with van der Waals surface area (Å²) in [6.07, 6.45) is 1.99. The van der Waals surface area contributed by atoms with Gasteiger partial charge in [-0.05, 0) is 37.4 Å². The number of rotatable bonds is 5. The zero-order valence-electron chi connectivity index (χ0n) is 10.3. The van der Waals surface area contributed by atoms with E-state index in [0.717, 1.165) is 20.4 Å². The number of carbonyl (C=O) groups excluding carboxylic acids is 1. The molecule has 1 aromatic heterocycles. The van der Waals surface area contributed by atoms with Crippen LogP contribution in [0.5, 0.6) is 5.75 Å². The van der Waals surface area contributed by atoms with Gasteiger partial charge in [0.1, 0.15) is 5.75 Å². The SMILES string of the molecule is CSc1ccccc1OCC(=O)c1ccc(C)s1. The van der Waals surface area contributed by atoms with Crippen molar-refractivity contribution in [3.63, 3.8) is 0 Å². The van der Waals surface area contributed by atoms with Crippen LogP contribution in [-0.4, -0.2) is 18.6 Å². The highest BCUT2D eigenvalue weighted by atomic mass is 32.2. The van der Waals surface area contributed by atoms with Crippen molar-refractivity contribution in [2.75, 3.05) is 12.9 Å². The van der Waals surface area contributed by atoms with E-state index in [1.165, 1.54) is 11.3 Å². The third kappa shape index (κ3) is 3.15. The Labute approximate surface area is 115 Å². The van der Waals surface area contributed by atoms with Gasteiger partial charge in [-0.2, -0.15) is 0 Å². The normalized spacial score (nSPS) is 10.3. The van der Waals surface area contributed by atoms with Crippen molar-refractivity contribution in [3.05, 3.63) is 46.2 Å². The molecule has 0 aliphatic rings. The Morgan fingerprint density at radius 3 is 2.72 bits per heavy atom. The second-order valence-electron chi connectivity index (χ2n) is 3.77. The Morgan fingerprint density at radius 1 is 1.28 bits per heavy atom. The van der Waals surface area contributed by atoms with Crippen molar-refractivity contribution >= 4 is 28.9 Å². The first-order valence-electron chi connectivity index (χ1n) is 5.56. The summed E-state index contributed by atoms with van der Waals surface area (Å²) in [7, 11) is 0. The number of hydrogen-bond acceptors (Lipinski definition) is 4. The van der Waals surface area contributed by atoms with Crippen molar-refractivity contribution < 1.29 is 9.53 Å². The molecule has 2 rings (SSSR count). The van der Waals surface area contributed by atoms with Crippen LogP contribution in [0.15, 0.2) is 41.3 Å². The minimum Gasteiger partial charge on any atom is -0.484 e. The van der Waals surface area contributed by atoms with Crippen molar-refractivity contribution in [1.82, 2.24) is 0 Å². The number of para-hydroxylation sites is 1. The van der Waals surface area contributed by atoms with Gasteiger partial charge in [-0.1, -0.05) is 12.1 Å². The fourth-order valence-corrected chi connectivity index (χ4v) is 2.87. The molecule has 0 saturated heterocycles. The summed E-state index contributed by atoms with van der Waals surface area (Å²) < 4.78 is 5.59. The van der Waals surface area contributed by atoms with Gasteiger partial charge in [0, 0.05) is 9.77 Å². The lowest BCUT2D eigenvalue weighted by Gasteiger charge is -2.08. The molecule has 1 heterocycles. The standard InChI is InChI=1S/C14H14O2S2/c1-10-7-8-13(18-10)11(15)9-16-12-5-3-4-6-14(12)17-2/h3-8H,9H2,1-2H3. The molecule has 18 heavy (non-hydrogen) atoms. The largest absolute Gasteiger partial charge is 0.484 e. The molecule has 1 aromatic carbocycles. The summed E-state index contributed by atoms with van der Waals surface area (Å²) >= 11 is 3.12. The number of Topliss-reactive ketones (excluding diaryl/α,β-unsaturated/α-hetero) is 1. The predicted octanol–water partition coefficient (Wildman–Crippen LogP) is 4.04. The number of benzene rings is 1. The van der Waals surface area contributed by atoms with Gasteiger partial charge in [0.15, 0.2) is 6.61 Å². The van der Waals surface area contributed by atoms with Crippen LogP contribution in [-0.2, 0) is 0 Å². The van der Waals surface area contributed by atoms with Crippen LogP contribution in [0.4, 0.5) is 0 Å². The topological polar surface area (TPSA) is 26.3 Å². The number of aryl methyl sites for hydroxylation is 1. The van der Waals surface area contributed by atoms with E-state index < -0.39 is 0 Å². The Hall–Kier alpha value is -1.26. The van der Waals surface area contributed by atoms with Gasteiger partial charge in [-0.3, -0.25) is 4.79 Å². The molecule has 0 amide bonds. The third-order valence-corrected chi connectivity index (χ3v) is 4.26. The average Bonchev–Trinajstić information content (AvgIpc) is 2.83. The molecule has 2 aromatic rings. The van der Waals surface area contributed by atoms with Gasteiger partial charge in [0.2, 0.25) is 5.78 Å². The van der Waals surface area contributed by atoms with Crippen molar-refractivity contribution in [2.45, 2.75) is 11.8 Å². The van der Waals surface area contributed by atoms with Crippen LogP contribution in [0, 0.1) is 6.92 Å². The Balaban J connectivity index is 2.01. The van der Waals surface area contributed by atoms with Crippen LogP contribution in [0.3, 0.4) is 0 Å². The van der Waals surface area contributed by atoms with Gasteiger partial charge < -0.3 is 4.74 Å². The lowest BCUT2D eigenvalue weighted by Crippen LogP contribution is -2.10. The molecule has 0 N–H and O–H groups in total. The zero-order chi connectivity index (χ0) is 13.0. The monoisotopic (exact) mass is 278 g/mol. The van der Waals surface area contributed by atoms with E-state index in [1.54, 1.807) is 11.8 Å². The number of ketones is 1. The van der Waals surface area contributed by atoms with E-state index in [4.69, 9.17) is 4.74 Å². The van der Waals surface area contributed by atoms with Crippen molar-refractivity contribution in [1.29, 1.82) is 0 Å². The maximum absolute atomic E-state index is 11.9. The van der Waals surface area contributed by atoms with Gasteiger partial charge in [0.05, 0.1) is 4.88 Å². The zero-order valence-corrected chi connectivity index (χ0v) is 11.9. The second kappa shape index (κ2) is 6.07. The molecule has 0 unspecified atom stereocenters. The van der Waals surface area contributed by atoms with Crippen molar-refractivity contribution in [2.24, 2.45) is 0 Å². The molecule has 0 saturated carbocycles. The highest BCUT2D eigenvalue weighted by molar-refractivity contribution is 7.98. The molecule has 0 atom stereocenters. The molecule has 0 aliphatic carbocycles. The highest BCUT2D eigenvalue weighted by Gasteiger charge is 2.10. The number of hydrogen-bond donors (Lipinski definition) is 0. The van der Waals surface area contributed by atoms with E-state index in [9.17, 15) is 4.79 Å². The lowest BCUT2D eigenvalue weighted by molar-refractivity contribution is 0.0923. The number of carbonyl (C=O) groups is 1. The second-order valence-corrected chi connectivity index (χ2v) is 5.91. The number of thiophene rings is 1. The third-order valence-electron chi connectivity index (χ3n) is 2.44. The summed E-state index contributed by atoms with van der Waals surface area (Å²) in [5.41, 5.74) is 0. The molecule has 0 spiro atoms. The first-order chi connectivity index (χ1) is 8.70.